The van der Waals surface area contributed by atoms with Crippen LogP contribution in [0.3, 0.4) is 0 Å². The van der Waals surface area contributed by atoms with Crippen LogP contribution in [0.15, 0.2) is 24.3 Å². The summed E-state index contributed by atoms with van der Waals surface area (Å²) in [5, 5.41) is 0. The van der Waals surface area contributed by atoms with E-state index in [4.69, 9.17) is 10.2 Å². The molecular formula is C12H19NO3Si. The molecule has 0 fully saturated rings. The summed E-state index contributed by atoms with van der Waals surface area (Å²) in [6.45, 7) is 6.34. The molecule has 5 heteroatoms. The van der Waals surface area contributed by atoms with Crippen LogP contribution in [-0.4, -0.2) is 21.4 Å². The minimum Gasteiger partial charge on any atom is -0.544 e. The van der Waals surface area contributed by atoms with Crippen LogP contribution in [0.2, 0.25) is 19.6 Å². The Morgan fingerprint density at radius 1 is 1.24 bits per heavy atom. The Labute approximate surface area is 103 Å². The molecule has 0 aromatic heterocycles. The van der Waals surface area contributed by atoms with E-state index in [1.165, 1.54) is 7.11 Å². The first-order valence-electron chi connectivity index (χ1n) is 5.46. The van der Waals surface area contributed by atoms with Crippen molar-refractivity contribution in [2.75, 3.05) is 7.11 Å². The van der Waals surface area contributed by atoms with E-state index in [0.29, 0.717) is 0 Å². The third kappa shape index (κ3) is 4.20. The molecule has 0 spiro atoms. The van der Waals surface area contributed by atoms with Crippen molar-refractivity contribution < 1.29 is 14.0 Å². The average Bonchev–Trinajstić information content (AvgIpc) is 2.26. The predicted molar refractivity (Wildman–Crippen MR) is 69.4 cm³/mol. The van der Waals surface area contributed by atoms with Gasteiger partial charge in [0, 0.05) is 0 Å². The molecule has 0 heterocycles. The number of carbonyl (C=O) groups is 1. The van der Waals surface area contributed by atoms with Crippen LogP contribution in [0.5, 0.6) is 5.75 Å². The molecule has 1 aromatic carbocycles. The van der Waals surface area contributed by atoms with Crippen LogP contribution in [0.1, 0.15) is 11.6 Å². The molecule has 0 saturated heterocycles. The molecule has 0 aliphatic rings. The first-order chi connectivity index (χ1) is 7.83. The van der Waals surface area contributed by atoms with Crippen LogP contribution in [0.25, 0.3) is 0 Å². The van der Waals surface area contributed by atoms with Crippen molar-refractivity contribution in [3.05, 3.63) is 29.8 Å². The largest absolute Gasteiger partial charge is 0.544 e. The standard InChI is InChI=1S/C12H19NO3Si/c1-15-12(14)11(13)9-5-7-10(8-6-9)16-17(2,3)4/h5-8,11H,13H2,1-4H3/t11-/m1/s1. The highest BCUT2D eigenvalue weighted by atomic mass is 28.4. The van der Waals surface area contributed by atoms with Gasteiger partial charge in [-0.2, -0.15) is 0 Å². The van der Waals surface area contributed by atoms with Gasteiger partial charge in [-0.3, -0.25) is 4.79 Å². The van der Waals surface area contributed by atoms with Crippen LogP contribution in [0.4, 0.5) is 0 Å². The van der Waals surface area contributed by atoms with Gasteiger partial charge < -0.3 is 14.9 Å². The van der Waals surface area contributed by atoms with Gasteiger partial charge in [0.25, 0.3) is 0 Å². The predicted octanol–water partition coefficient (Wildman–Crippen LogP) is 2.07. The van der Waals surface area contributed by atoms with Crippen LogP contribution >= 0.6 is 0 Å². The van der Waals surface area contributed by atoms with Crippen molar-refractivity contribution in [3.63, 3.8) is 0 Å². The summed E-state index contributed by atoms with van der Waals surface area (Å²) in [4.78, 5) is 11.3. The number of nitrogens with two attached hydrogens (primary N) is 1. The highest BCUT2D eigenvalue weighted by molar-refractivity contribution is 6.70. The second-order valence-corrected chi connectivity index (χ2v) is 9.21. The van der Waals surface area contributed by atoms with Gasteiger partial charge >= 0.3 is 5.97 Å². The number of carbonyl (C=O) groups excluding carboxylic acids is 1. The number of ether oxygens (including phenoxy) is 1. The molecule has 0 saturated carbocycles. The number of methoxy groups -OCH3 is 1. The molecular weight excluding hydrogens is 234 g/mol. The fraction of sp³-hybridized carbons (Fsp3) is 0.417. The maximum atomic E-state index is 11.3. The quantitative estimate of drug-likeness (QED) is 0.659. The molecule has 0 radical (unpaired) electrons. The number of benzene rings is 1. The highest BCUT2D eigenvalue weighted by Crippen LogP contribution is 2.19. The monoisotopic (exact) mass is 253 g/mol. The van der Waals surface area contributed by atoms with Gasteiger partial charge in [-0.05, 0) is 37.3 Å². The van der Waals surface area contributed by atoms with Crippen molar-refractivity contribution in [1.82, 2.24) is 0 Å². The SMILES string of the molecule is COC(=O)[C@H](N)c1ccc(O[Si](C)(C)C)cc1. The Morgan fingerprint density at radius 3 is 2.18 bits per heavy atom. The molecule has 1 aromatic rings. The molecule has 94 valence electrons. The third-order valence-corrected chi connectivity index (χ3v) is 2.97. The van der Waals surface area contributed by atoms with Gasteiger partial charge in [-0.15, -0.1) is 0 Å². The minimum absolute atomic E-state index is 0.441. The van der Waals surface area contributed by atoms with E-state index in [1.54, 1.807) is 12.1 Å². The van der Waals surface area contributed by atoms with E-state index in [9.17, 15) is 4.79 Å². The number of hydrogen-bond donors (Lipinski definition) is 1. The number of hydrogen-bond acceptors (Lipinski definition) is 4. The van der Waals surface area contributed by atoms with Gasteiger partial charge in [0.2, 0.25) is 8.32 Å². The van der Waals surface area contributed by atoms with Crippen LogP contribution < -0.4 is 10.2 Å². The summed E-state index contributed by atoms with van der Waals surface area (Å²) < 4.78 is 10.4. The Bertz CT molecular complexity index is 384. The van der Waals surface area contributed by atoms with Gasteiger partial charge in [0.15, 0.2) is 0 Å². The second kappa shape index (κ2) is 5.33. The Hall–Kier alpha value is -1.33. The first-order valence-corrected chi connectivity index (χ1v) is 8.87. The van der Waals surface area contributed by atoms with Crippen molar-refractivity contribution in [1.29, 1.82) is 0 Å². The molecule has 2 N–H and O–H groups in total. The van der Waals surface area contributed by atoms with Crippen molar-refractivity contribution in [3.8, 4) is 5.75 Å². The molecule has 1 atom stereocenters. The van der Waals surface area contributed by atoms with E-state index in [2.05, 4.69) is 24.4 Å². The molecule has 17 heavy (non-hydrogen) atoms. The summed E-state index contributed by atoms with van der Waals surface area (Å²) in [5.41, 5.74) is 6.44. The van der Waals surface area contributed by atoms with E-state index < -0.39 is 20.3 Å². The smallest absolute Gasteiger partial charge is 0.327 e. The zero-order valence-electron chi connectivity index (χ0n) is 10.7. The van der Waals surface area contributed by atoms with E-state index in [1.807, 2.05) is 12.1 Å². The summed E-state index contributed by atoms with van der Waals surface area (Å²) in [6.07, 6.45) is 0. The molecule has 0 unspecified atom stereocenters. The summed E-state index contributed by atoms with van der Waals surface area (Å²) >= 11 is 0. The van der Waals surface area contributed by atoms with Gasteiger partial charge in [-0.1, -0.05) is 12.1 Å². The second-order valence-electron chi connectivity index (χ2n) is 4.78. The number of rotatable bonds is 4. The van der Waals surface area contributed by atoms with Gasteiger partial charge in [0.1, 0.15) is 11.8 Å². The molecule has 0 aliphatic heterocycles. The Morgan fingerprint density at radius 2 is 1.76 bits per heavy atom. The van der Waals surface area contributed by atoms with Crippen LogP contribution in [-0.2, 0) is 9.53 Å². The molecule has 0 amide bonds. The lowest BCUT2D eigenvalue weighted by Crippen LogP contribution is -2.29. The Kier molecular flexibility index (Phi) is 4.31. The zero-order chi connectivity index (χ0) is 13.1. The van der Waals surface area contributed by atoms with Crippen LogP contribution in [0, 0.1) is 0 Å². The molecule has 0 aliphatic carbocycles. The van der Waals surface area contributed by atoms with E-state index in [0.717, 1.165) is 11.3 Å². The maximum Gasteiger partial charge on any atom is 0.327 e. The highest BCUT2D eigenvalue weighted by Gasteiger charge is 2.18. The summed E-state index contributed by atoms with van der Waals surface area (Å²) in [5.74, 6) is 0.369. The summed E-state index contributed by atoms with van der Waals surface area (Å²) in [6, 6.07) is 6.50. The molecule has 4 nitrogen and oxygen atoms in total. The third-order valence-electron chi connectivity index (χ3n) is 2.12. The fourth-order valence-electron chi connectivity index (χ4n) is 1.36. The lowest BCUT2D eigenvalue weighted by Gasteiger charge is -2.19. The topological polar surface area (TPSA) is 61.5 Å². The maximum absolute atomic E-state index is 11.3. The summed E-state index contributed by atoms with van der Waals surface area (Å²) in [7, 11) is -0.270. The van der Waals surface area contributed by atoms with Crippen molar-refractivity contribution in [2.24, 2.45) is 5.73 Å². The fourth-order valence-corrected chi connectivity index (χ4v) is 2.20. The van der Waals surface area contributed by atoms with E-state index >= 15 is 0 Å². The average molecular weight is 253 g/mol. The Balaban J connectivity index is 2.78. The van der Waals surface area contributed by atoms with Gasteiger partial charge in [0.05, 0.1) is 7.11 Å². The normalized spacial score (nSPS) is 13.0. The van der Waals surface area contributed by atoms with Crippen molar-refractivity contribution in [2.45, 2.75) is 25.7 Å². The number of esters is 1. The minimum atomic E-state index is -1.59. The lowest BCUT2D eigenvalue weighted by atomic mass is 10.1. The lowest BCUT2D eigenvalue weighted by molar-refractivity contribution is -0.142. The van der Waals surface area contributed by atoms with Crippen molar-refractivity contribution >= 4 is 14.3 Å². The zero-order valence-corrected chi connectivity index (χ0v) is 11.7. The van der Waals surface area contributed by atoms with E-state index in [-0.39, 0.29) is 0 Å². The molecule has 0 bridgehead atoms. The molecule has 1 rings (SSSR count). The van der Waals surface area contributed by atoms with Gasteiger partial charge in [-0.25, -0.2) is 0 Å². The first kappa shape index (κ1) is 13.7.